The Hall–Kier alpha value is -3.57. The first-order valence-corrected chi connectivity index (χ1v) is 10.4. The second-order valence-corrected chi connectivity index (χ2v) is 7.72. The van der Waals surface area contributed by atoms with Gasteiger partial charge in [-0.3, -0.25) is 4.79 Å². The summed E-state index contributed by atoms with van der Waals surface area (Å²) < 4.78 is 11.1. The Morgan fingerprint density at radius 3 is 2.33 bits per heavy atom. The fraction of sp³-hybridized carbons (Fsp3) is 0.0800. The lowest BCUT2D eigenvalue weighted by Gasteiger charge is -2.06. The molecule has 0 atom stereocenters. The van der Waals surface area contributed by atoms with Crippen LogP contribution < -0.4 is 14.8 Å². The highest BCUT2D eigenvalue weighted by Crippen LogP contribution is 2.30. The van der Waals surface area contributed by atoms with Gasteiger partial charge in [0.05, 0.1) is 12.0 Å². The number of hydrogen-bond donors (Lipinski definition) is 1. The lowest BCUT2D eigenvalue weighted by Crippen LogP contribution is -2.21. The molecule has 4 aromatic rings. The molecule has 5 heteroatoms. The van der Waals surface area contributed by atoms with Crippen LogP contribution in [0.2, 0.25) is 0 Å². The van der Waals surface area contributed by atoms with Crippen molar-refractivity contribution in [1.29, 1.82) is 0 Å². The molecule has 4 rings (SSSR count). The Kier molecular flexibility index (Phi) is 6.11. The Balaban J connectivity index is 1.38. The van der Waals surface area contributed by atoms with Crippen molar-refractivity contribution in [1.82, 2.24) is 5.32 Å². The zero-order valence-corrected chi connectivity index (χ0v) is 17.3. The van der Waals surface area contributed by atoms with Gasteiger partial charge in [-0.1, -0.05) is 30.3 Å². The van der Waals surface area contributed by atoms with Crippen molar-refractivity contribution >= 4 is 17.2 Å². The highest BCUT2D eigenvalue weighted by Gasteiger charge is 2.11. The van der Waals surface area contributed by atoms with Gasteiger partial charge in [-0.15, -0.1) is 11.3 Å². The predicted molar refractivity (Wildman–Crippen MR) is 120 cm³/mol. The first-order valence-electron chi connectivity index (χ1n) is 9.55. The van der Waals surface area contributed by atoms with Gasteiger partial charge in [0.15, 0.2) is 0 Å². The maximum absolute atomic E-state index is 12.5. The lowest BCUT2D eigenvalue weighted by molar-refractivity contribution is 0.0955. The van der Waals surface area contributed by atoms with E-state index in [2.05, 4.69) is 5.32 Å². The van der Waals surface area contributed by atoms with Gasteiger partial charge in [-0.2, -0.15) is 0 Å². The van der Waals surface area contributed by atoms with Crippen LogP contribution in [0.1, 0.15) is 15.2 Å². The molecule has 30 heavy (non-hydrogen) atoms. The number of amides is 1. The van der Waals surface area contributed by atoms with E-state index in [1.165, 1.54) is 11.3 Å². The molecule has 1 amide bonds. The fourth-order valence-electron chi connectivity index (χ4n) is 2.98. The summed E-state index contributed by atoms with van der Waals surface area (Å²) in [5.74, 6) is 2.27. The smallest absolute Gasteiger partial charge is 0.261 e. The lowest BCUT2D eigenvalue weighted by atomic mass is 10.2. The number of benzene rings is 3. The summed E-state index contributed by atoms with van der Waals surface area (Å²) >= 11 is 1.47. The summed E-state index contributed by atoms with van der Waals surface area (Å²) in [6.07, 6.45) is 0. The summed E-state index contributed by atoms with van der Waals surface area (Å²) in [6.45, 7) is 0.453. The molecule has 0 aliphatic rings. The Morgan fingerprint density at radius 2 is 1.57 bits per heavy atom. The van der Waals surface area contributed by atoms with Crippen LogP contribution in [0.4, 0.5) is 0 Å². The number of hydrogen-bond acceptors (Lipinski definition) is 4. The standard InChI is InChI=1S/C25H21NO3S/c1-28-22-9-5-6-18(16-22)17-26-25(27)24-15-14-23(30-24)19-10-12-21(13-11-19)29-20-7-3-2-4-8-20/h2-16H,17H2,1H3,(H,26,27). The van der Waals surface area contributed by atoms with Crippen LogP contribution in [0.25, 0.3) is 10.4 Å². The van der Waals surface area contributed by atoms with Crippen molar-refractivity contribution in [2.75, 3.05) is 7.11 Å². The Bertz CT molecular complexity index is 1120. The van der Waals surface area contributed by atoms with E-state index in [0.717, 1.165) is 33.3 Å². The van der Waals surface area contributed by atoms with E-state index in [0.29, 0.717) is 11.4 Å². The maximum Gasteiger partial charge on any atom is 0.261 e. The molecule has 150 valence electrons. The molecule has 0 unspecified atom stereocenters. The van der Waals surface area contributed by atoms with E-state index in [9.17, 15) is 4.79 Å². The third-order valence-corrected chi connectivity index (χ3v) is 5.67. The minimum absolute atomic E-state index is 0.0851. The number of para-hydroxylation sites is 1. The highest BCUT2D eigenvalue weighted by atomic mass is 32.1. The largest absolute Gasteiger partial charge is 0.497 e. The van der Waals surface area contributed by atoms with Crippen molar-refractivity contribution < 1.29 is 14.3 Å². The topological polar surface area (TPSA) is 47.6 Å². The highest BCUT2D eigenvalue weighted by molar-refractivity contribution is 7.17. The summed E-state index contributed by atoms with van der Waals surface area (Å²) in [6, 6.07) is 29.0. The number of ether oxygens (including phenoxy) is 2. The molecule has 0 bridgehead atoms. The van der Waals surface area contributed by atoms with Crippen LogP contribution in [-0.4, -0.2) is 13.0 Å². The normalized spacial score (nSPS) is 10.4. The molecule has 1 N–H and O–H groups in total. The van der Waals surface area contributed by atoms with Gasteiger partial charge in [0.25, 0.3) is 5.91 Å². The third-order valence-electron chi connectivity index (χ3n) is 4.53. The van der Waals surface area contributed by atoms with E-state index >= 15 is 0 Å². The van der Waals surface area contributed by atoms with Crippen molar-refractivity contribution in [3.63, 3.8) is 0 Å². The number of methoxy groups -OCH3 is 1. The van der Waals surface area contributed by atoms with Gasteiger partial charge < -0.3 is 14.8 Å². The minimum atomic E-state index is -0.0851. The average molecular weight is 416 g/mol. The van der Waals surface area contributed by atoms with E-state index < -0.39 is 0 Å². The monoisotopic (exact) mass is 415 g/mol. The fourth-order valence-corrected chi connectivity index (χ4v) is 3.91. The van der Waals surface area contributed by atoms with Gasteiger partial charge in [-0.25, -0.2) is 0 Å². The molecule has 0 spiro atoms. The molecule has 0 fully saturated rings. The molecule has 0 aliphatic carbocycles. The summed E-state index contributed by atoms with van der Waals surface area (Å²) in [5.41, 5.74) is 2.04. The van der Waals surface area contributed by atoms with Gasteiger partial charge in [0.2, 0.25) is 0 Å². The second kappa shape index (κ2) is 9.29. The zero-order chi connectivity index (χ0) is 20.8. The molecule has 1 heterocycles. The SMILES string of the molecule is COc1cccc(CNC(=O)c2ccc(-c3ccc(Oc4ccccc4)cc3)s2)c1. The van der Waals surface area contributed by atoms with Crippen molar-refractivity contribution in [2.45, 2.75) is 6.54 Å². The predicted octanol–water partition coefficient (Wildman–Crippen LogP) is 6.15. The summed E-state index contributed by atoms with van der Waals surface area (Å²) in [5, 5.41) is 2.96. The number of rotatable bonds is 7. The Labute approximate surface area is 179 Å². The summed E-state index contributed by atoms with van der Waals surface area (Å²) in [7, 11) is 1.63. The molecular weight excluding hydrogens is 394 g/mol. The van der Waals surface area contributed by atoms with Crippen LogP contribution in [-0.2, 0) is 6.54 Å². The molecule has 4 nitrogen and oxygen atoms in total. The first kappa shape index (κ1) is 19.7. The van der Waals surface area contributed by atoms with Crippen LogP contribution in [0.3, 0.4) is 0 Å². The molecule has 0 saturated heterocycles. The molecule has 3 aromatic carbocycles. The maximum atomic E-state index is 12.5. The number of carbonyl (C=O) groups excluding carboxylic acids is 1. The van der Waals surface area contributed by atoms with Crippen molar-refractivity contribution in [3.8, 4) is 27.7 Å². The van der Waals surface area contributed by atoms with E-state index in [4.69, 9.17) is 9.47 Å². The van der Waals surface area contributed by atoms with Crippen LogP contribution >= 0.6 is 11.3 Å². The van der Waals surface area contributed by atoms with Crippen LogP contribution in [0.5, 0.6) is 17.2 Å². The molecule has 0 radical (unpaired) electrons. The molecule has 0 saturated carbocycles. The molecular formula is C25H21NO3S. The van der Waals surface area contributed by atoms with Crippen molar-refractivity contribution in [2.24, 2.45) is 0 Å². The molecule has 1 aromatic heterocycles. The zero-order valence-electron chi connectivity index (χ0n) is 16.5. The van der Waals surface area contributed by atoms with Gasteiger partial charge in [-0.05, 0) is 71.8 Å². The van der Waals surface area contributed by atoms with E-state index in [1.54, 1.807) is 7.11 Å². The number of nitrogens with one attached hydrogen (secondary N) is 1. The van der Waals surface area contributed by atoms with E-state index in [-0.39, 0.29) is 5.91 Å². The second-order valence-electron chi connectivity index (χ2n) is 6.64. The Morgan fingerprint density at radius 1 is 0.833 bits per heavy atom. The van der Waals surface area contributed by atoms with Crippen LogP contribution in [0, 0.1) is 0 Å². The van der Waals surface area contributed by atoms with Crippen LogP contribution in [0.15, 0.2) is 91.0 Å². The van der Waals surface area contributed by atoms with Crippen molar-refractivity contribution in [3.05, 3.63) is 101 Å². The number of carbonyl (C=O) groups is 1. The van der Waals surface area contributed by atoms with Gasteiger partial charge in [0.1, 0.15) is 17.2 Å². The van der Waals surface area contributed by atoms with E-state index in [1.807, 2.05) is 91.0 Å². The van der Waals surface area contributed by atoms with Gasteiger partial charge >= 0.3 is 0 Å². The summed E-state index contributed by atoms with van der Waals surface area (Å²) in [4.78, 5) is 14.2. The first-order chi connectivity index (χ1) is 14.7. The third kappa shape index (κ3) is 4.88. The number of thiophene rings is 1. The average Bonchev–Trinajstić information content (AvgIpc) is 3.29. The van der Waals surface area contributed by atoms with Gasteiger partial charge in [0, 0.05) is 11.4 Å². The molecule has 0 aliphatic heterocycles. The quantitative estimate of drug-likeness (QED) is 0.394. The minimum Gasteiger partial charge on any atom is -0.497 e.